The smallest absolute Gasteiger partial charge is 0.260 e. The Kier molecular flexibility index (Phi) is 8.97. The molecule has 5 rings (SSSR count). The van der Waals surface area contributed by atoms with E-state index < -0.39 is 10.0 Å². The van der Waals surface area contributed by atoms with Crippen LogP contribution in [0.1, 0.15) is 42.5 Å². The van der Waals surface area contributed by atoms with Gasteiger partial charge in [-0.1, -0.05) is 35.8 Å². The Labute approximate surface area is 233 Å². The van der Waals surface area contributed by atoms with E-state index in [9.17, 15) is 13.2 Å². The number of benzene rings is 2. The van der Waals surface area contributed by atoms with Crippen molar-refractivity contribution in [3.05, 3.63) is 53.1 Å². The summed E-state index contributed by atoms with van der Waals surface area (Å²) in [4.78, 5) is 22.7. The maximum absolute atomic E-state index is 13.8. The van der Waals surface area contributed by atoms with E-state index in [1.807, 2.05) is 12.1 Å². The molecule has 0 bridgehead atoms. The number of hydrogen-bond acceptors (Lipinski definition) is 7. The minimum Gasteiger partial charge on any atom is -0.379 e. The van der Waals surface area contributed by atoms with E-state index in [0.717, 1.165) is 75.2 Å². The van der Waals surface area contributed by atoms with Gasteiger partial charge in [0.15, 0.2) is 5.13 Å². The molecule has 2 aliphatic rings. The standard InChI is InChI=1S/C27H33ClN4O4S2/c28-22-8-11-24-25(20-22)37-27(29-24)32(15-5-12-30-16-18-36-19-17-30)26(33)21-6-9-23(10-7-21)38(34,35)31-13-3-1-2-4-14-31/h6-11,20H,1-5,12-19H2. The summed E-state index contributed by atoms with van der Waals surface area (Å²) < 4.78 is 34.3. The van der Waals surface area contributed by atoms with Crippen LogP contribution in [0.15, 0.2) is 47.4 Å². The molecule has 38 heavy (non-hydrogen) atoms. The molecule has 11 heteroatoms. The summed E-state index contributed by atoms with van der Waals surface area (Å²) in [6.07, 6.45) is 4.65. The monoisotopic (exact) mass is 576 g/mol. The third-order valence-corrected chi connectivity index (χ3v) is 10.3. The molecule has 0 saturated carbocycles. The molecule has 1 amide bonds. The number of ether oxygens (including phenoxy) is 1. The minimum atomic E-state index is -3.58. The lowest BCUT2D eigenvalue weighted by Gasteiger charge is -2.27. The lowest BCUT2D eigenvalue weighted by Crippen LogP contribution is -2.39. The van der Waals surface area contributed by atoms with Gasteiger partial charge in [0.05, 0.1) is 28.3 Å². The number of amides is 1. The zero-order valence-corrected chi connectivity index (χ0v) is 23.7. The maximum Gasteiger partial charge on any atom is 0.260 e. The van der Waals surface area contributed by atoms with Crippen LogP contribution in [0.2, 0.25) is 5.02 Å². The molecule has 0 aliphatic carbocycles. The van der Waals surface area contributed by atoms with Crippen molar-refractivity contribution in [3.63, 3.8) is 0 Å². The molecule has 0 radical (unpaired) electrons. The van der Waals surface area contributed by atoms with Crippen molar-refractivity contribution in [2.24, 2.45) is 0 Å². The summed E-state index contributed by atoms with van der Waals surface area (Å²) in [5.41, 5.74) is 1.22. The Hall–Kier alpha value is -2.08. The van der Waals surface area contributed by atoms with Gasteiger partial charge in [-0.05, 0) is 61.7 Å². The van der Waals surface area contributed by atoms with Crippen LogP contribution in [0.3, 0.4) is 0 Å². The predicted octanol–water partition coefficient (Wildman–Crippen LogP) is 4.88. The molecule has 3 heterocycles. The van der Waals surface area contributed by atoms with E-state index in [2.05, 4.69) is 4.90 Å². The highest BCUT2D eigenvalue weighted by molar-refractivity contribution is 7.89. The first kappa shape index (κ1) is 27.5. The second-order valence-corrected chi connectivity index (χ2v) is 13.1. The molecule has 0 unspecified atom stereocenters. The number of carbonyl (C=O) groups is 1. The van der Waals surface area contributed by atoms with Crippen LogP contribution in [0.5, 0.6) is 0 Å². The van der Waals surface area contributed by atoms with Crippen molar-refractivity contribution in [1.29, 1.82) is 0 Å². The summed E-state index contributed by atoms with van der Waals surface area (Å²) in [6.45, 7) is 5.68. The lowest BCUT2D eigenvalue weighted by molar-refractivity contribution is 0.0376. The van der Waals surface area contributed by atoms with Gasteiger partial charge in [0.2, 0.25) is 10.0 Å². The number of anilines is 1. The van der Waals surface area contributed by atoms with Crippen molar-refractivity contribution < 1.29 is 17.9 Å². The number of sulfonamides is 1. The summed E-state index contributed by atoms with van der Waals surface area (Å²) in [7, 11) is -3.58. The first-order valence-corrected chi connectivity index (χ1v) is 15.8. The molecule has 2 aliphatic heterocycles. The third kappa shape index (κ3) is 6.38. The molecule has 0 atom stereocenters. The number of nitrogens with zero attached hydrogens (tertiary/aromatic N) is 4. The average Bonchev–Trinajstić information content (AvgIpc) is 3.14. The van der Waals surface area contributed by atoms with Gasteiger partial charge in [0, 0.05) is 49.9 Å². The maximum atomic E-state index is 13.8. The molecule has 0 N–H and O–H groups in total. The molecule has 3 aromatic rings. The van der Waals surface area contributed by atoms with E-state index >= 15 is 0 Å². The van der Waals surface area contributed by atoms with Crippen LogP contribution < -0.4 is 4.90 Å². The fourth-order valence-electron chi connectivity index (χ4n) is 4.92. The molecule has 0 spiro atoms. The molecular weight excluding hydrogens is 544 g/mol. The lowest BCUT2D eigenvalue weighted by atomic mass is 10.2. The number of halogens is 1. The Morgan fingerprint density at radius 2 is 1.71 bits per heavy atom. The van der Waals surface area contributed by atoms with Gasteiger partial charge in [-0.15, -0.1) is 0 Å². The van der Waals surface area contributed by atoms with Crippen molar-refractivity contribution in [2.45, 2.75) is 37.0 Å². The second kappa shape index (κ2) is 12.4. The van der Waals surface area contributed by atoms with E-state index in [4.69, 9.17) is 21.3 Å². The predicted molar refractivity (Wildman–Crippen MR) is 152 cm³/mol. The Bertz CT molecular complexity index is 1350. The van der Waals surface area contributed by atoms with Crippen molar-refractivity contribution >= 4 is 54.2 Å². The normalized spacial score (nSPS) is 17.9. The van der Waals surface area contributed by atoms with Crippen molar-refractivity contribution in [1.82, 2.24) is 14.2 Å². The topological polar surface area (TPSA) is 83.1 Å². The zero-order chi connectivity index (χ0) is 26.5. The fourth-order valence-corrected chi connectivity index (χ4v) is 7.70. The zero-order valence-electron chi connectivity index (χ0n) is 21.4. The largest absolute Gasteiger partial charge is 0.379 e. The van der Waals surface area contributed by atoms with Gasteiger partial charge >= 0.3 is 0 Å². The summed E-state index contributed by atoms with van der Waals surface area (Å²) >= 11 is 7.61. The quantitative estimate of drug-likeness (QED) is 0.380. The Morgan fingerprint density at radius 3 is 2.42 bits per heavy atom. The molecule has 1 aromatic heterocycles. The number of morpholine rings is 1. The SMILES string of the molecule is O=C(c1ccc(S(=O)(=O)N2CCCCCC2)cc1)N(CCCN1CCOCC1)c1nc2ccc(Cl)cc2s1. The van der Waals surface area contributed by atoms with Crippen LogP contribution in [0.4, 0.5) is 5.13 Å². The van der Waals surface area contributed by atoms with Crippen molar-refractivity contribution in [3.8, 4) is 0 Å². The molecule has 8 nitrogen and oxygen atoms in total. The molecule has 2 saturated heterocycles. The van der Waals surface area contributed by atoms with Crippen LogP contribution >= 0.6 is 22.9 Å². The Morgan fingerprint density at radius 1 is 1.00 bits per heavy atom. The van der Waals surface area contributed by atoms with Gasteiger partial charge < -0.3 is 4.74 Å². The number of aromatic nitrogens is 1. The van der Waals surface area contributed by atoms with Crippen LogP contribution in [-0.2, 0) is 14.8 Å². The fraction of sp³-hybridized carbons (Fsp3) is 0.481. The average molecular weight is 577 g/mol. The Balaban J connectivity index is 1.36. The highest BCUT2D eigenvalue weighted by Gasteiger charge is 2.27. The summed E-state index contributed by atoms with van der Waals surface area (Å²) in [6, 6.07) is 11.8. The molecule has 204 valence electrons. The number of hydrogen-bond donors (Lipinski definition) is 0. The molecular formula is C27H33ClN4O4S2. The minimum absolute atomic E-state index is 0.198. The van der Waals surface area contributed by atoms with Crippen LogP contribution in [0, 0.1) is 0 Å². The first-order valence-electron chi connectivity index (χ1n) is 13.2. The summed E-state index contributed by atoms with van der Waals surface area (Å²) in [5.74, 6) is -0.198. The summed E-state index contributed by atoms with van der Waals surface area (Å²) in [5, 5.41) is 1.23. The van der Waals surface area contributed by atoms with Crippen LogP contribution in [0.25, 0.3) is 10.2 Å². The molecule has 2 aromatic carbocycles. The van der Waals surface area contributed by atoms with Gasteiger partial charge in [0.1, 0.15) is 0 Å². The van der Waals surface area contributed by atoms with Gasteiger partial charge in [-0.2, -0.15) is 4.31 Å². The number of rotatable bonds is 8. The van der Waals surface area contributed by atoms with Crippen LogP contribution in [-0.4, -0.2) is 81.0 Å². The number of carbonyl (C=O) groups excluding carboxylic acids is 1. The van der Waals surface area contributed by atoms with E-state index in [-0.39, 0.29) is 10.8 Å². The second-order valence-electron chi connectivity index (χ2n) is 9.72. The van der Waals surface area contributed by atoms with Crippen molar-refractivity contribution in [2.75, 3.05) is 57.4 Å². The van der Waals surface area contributed by atoms with Gasteiger partial charge in [-0.3, -0.25) is 14.6 Å². The van der Waals surface area contributed by atoms with E-state index in [1.165, 1.54) is 11.3 Å². The van der Waals surface area contributed by atoms with Gasteiger partial charge in [0.25, 0.3) is 5.91 Å². The first-order chi connectivity index (χ1) is 18.4. The third-order valence-electron chi connectivity index (χ3n) is 7.08. The number of fused-ring (bicyclic) bond motifs is 1. The highest BCUT2D eigenvalue weighted by atomic mass is 35.5. The van der Waals surface area contributed by atoms with Gasteiger partial charge in [-0.25, -0.2) is 13.4 Å². The highest BCUT2D eigenvalue weighted by Crippen LogP contribution is 2.32. The van der Waals surface area contributed by atoms with E-state index in [0.29, 0.717) is 35.4 Å². The number of thiazole rings is 1. The molecule has 2 fully saturated rings. The van der Waals surface area contributed by atoms with E-state index in [1.54, 1.807) is 39.5 Å².